The number of ether oxygens (including phenoxy) is 2. The van der Waals surface area contributed by atoms with E-state index in [0.29, 0.717) is 12.8 Å². The standard InChI is InChI=1S/C11H18O4/c1-5-9(7-6-8-12)14-10(13)15-11(2,3)4/h5,8-9H,1,6-7H2,2-4H3. The summed E-state index contributed by atoms with van der Waals surface area (Å²) in [4.78, 5) is 21.3. The van der Waals surface area contributed by atoms with Gasteiger partial charge in [0.15, 0.2) is 0 Å². The molecule has 0 aromatic carbocycles. The predicted octanol–water partition coefficient (Wildman–Crippen LogP) is 2.47. The van der Waals surface area contributed by atoms with Crippen molar-refractivity contribution in [1.29, 1.82) is 0 Å². The van der Waals surface area contributed by atoms with E-state index in [0.717, 1.165) is 6.29 Å². The second-order valence-corrected chi connectivity index (χ2v) is 4.10. The predicted molar refractivity (Wildman–Crippen MR) is 56.6 cm³/mol. The minimum atomic E-state index is -0.738. The van der Waals surface area contributed by atoms with Crippen molar-refractivity contribution in [2.45, 2.75) is 45.3 Å². The summed E-state index contributed by atoms with van der Waals surface area (Å²) < 4.78 is 9.89. The summed E-state index contributed by atoms with van der Waals surface area (Å²) in [5.41, 5.74) is -0.576. The Hall–Kier alpha value is -1.32. The molecule has 15 heavy (non-hydrogen) atoms. The van der Waals surface area contributed by atoms with Gasteiger partial charge in [-0.15, -0.1) is 0 Å². The maximum absolute atomic E-state index is 11.2. The number of carbonyl (C=O) groups is 2. The van der Waals surface area contributed by atoms with Crippen LogP contribution in [0.25, 0.3) is 0 Å². The van der Waals surface area contributed by atoms with E-state index < -0.39 is 17.9 Å². The lowest BCUT2D eigenvalue weighted by Crippen LogP contribution is -2.27. The van der Waals surface area contributed by atoms with Gasteiger partial charge < -0.3 is 14.3 Å². The second kappa shape index (κ2) is 6.22. The normalized spacial score (nSPS) is 12.7. The van der Waals surface area contributed by atoms with Gasteiger partial charge in [-0.05, 0) is 27.2 Å². The average molecular weight is 214 g/mol. The van der Waals surface area contributed by atoms with Crippen LogP contribution in [-0.4, -0.2) is 24.1 Å². The molecule has 0 aliphatic heterocycles. The minimum Gasteiger partial charge on any atom is -0.429 e. The van der Waals surface area contributed by atoms with Gasteiger partial charge in [0, 0.05) is 6.42 Å². The molecule has 86 valence electrons. The van der Waals surface area contributed by atoms with Crippen molar-refractivity contribution in [3.63, 3.8) is 0 Å². The number of aldehydes is 1. The Kier molecular flexibility index (Phi) is 5.67. The smallest absolute Gasteiger partial charge is 0.429 e. The van der Waals surface area contributed by atoms with E-state index in [1.54, 1.807) is 20.8 Å². The van der Waals surface area contributed by atoms with Gasteiger partial charge in [0.1, 0.15) is 18.0 Å². The number of hydrogen-bond donors (Lipinski definition) is 0. The summed E-state index contributed by atoms with van der Waals surface area (Å²) >= 11 is 0. The molecule has 4 nitrogen and oxygen atoms in total. The fourth-order valence-electron chi connectivity index (χ4n) is 0.855. The fourth-order valence-corrected chi connectivity index (χ4v) is 0.855. The molecular formula is C11H18O4. The van der Waals surface area contributed by atoms with Crippen LogP contribution in [-0.2, 0) is 14.3 Å². The molecule has 0 fully saturated rings. The Morgan fingerprint density at radius 2 is 2.07 bits per heavy atom. The third kappa shape index (κ3) is 7.73. The van der Waals surface area contributed by atoms with Crippen molar-refractivity contribution in [3.8, 4) is 0 Å². The summed E-state index contributed by atoms with van der Waals surface area (Å²) in [7, 11) is 0. The number of rotatable bonds is 5. The second-order valence-electron chi connectivity index (χ2n) is 4.10. The van der Waals surface area contributed by atoms with E-state index in [2.05, 4.69) is 6.58 Å². The topological polar surface area (TPSA) is 52.6 Å². The molecule has 0 radical (unpaired) electrons. The highest BCUT2D eigenvalue weighted by molar-refractivity contribution is 5.61. The van der Waals surface area contributed by atoms with Crippen LogP contribution < -0.4 is 0 Å². The summed E-state index contributed by atoms with van der Waals surface area (Å²) in [5, 5.41) is 0. The monoisotopic (exact) mass is 214 g/mol. The van der Waals surface area contributed by atoms with Crippen LogP contribution in [0.4, 0.5) is 4.79 Å². The molecule has 0 aliphatic rings. The molecule has 0 bridgehead atoms. The van der Waals surface area contributed by atoms with Crippen molar-refractivity contribution in [1.82, 2.24) is 0 Å². The Labute approximate surface area is 90.2 Å². The van der Waals surface area contributed by atoms with E-state index >= 15 is 0 Å². The molecular weight excluding hydrogens is 196 g/mol. The van der Waals surface area contributed by atoms with Crippen LogP contribution in [0.15, 0.2) is 12.7 Å². The van der Waals surface area contributed by atoms with Gasteiger partial charge in [0.25, 0.3) is 0 Å². The Morgan fingerprint density at radius 3 is 2.47 bits per heavy atom. The Bertz CT molecular complexity index is 227. The lowest BCUT2D eigenvalue weighted by Gasteiger charge is -2.20. The van der Waals surface area contributed by atoms with Gasteiger partial charge in [-0.2, -0.15) is 0 Å². The highest BCUT2D eigenvalue weighted by Gasteiger charge is 2.19. The summed E-state index contributed by atoms with van der Waals surface area (Å²) in [5.74, 6) is 0. The molecule has 0 aromatic rings. The van der Waals surface area contributed by atoms with Crippen LogP contribution in [0.2, 0.25) is 0 Å². The molecule has 0 saturated heterocycles. The van der Waals surface area contributed by atoms with Crippen LogP contribution >= 0.6 is 0 Å². The van der Waals surface area contributed by atoms with Crippen molar-refractivity contribution >= 4 is 12.4 Å². The van der Waals surface area contributed by atoms with E-state index in [-0.39, 0.29) is 0 Å². The molecule has 0 amide bonds. The maximum Gasteiger partial charge on any atom is 0.509 e. The highest BCUT2D eigenvalue weighted by Crippen LogP contribution is 2.11. The third-order valence-corrected chi connectivity index (χ3v) is 1.47. The molecule has 0 aliphatic carbocycles. The van der Waals surface area contributed by atoms with Crippen LogP contribution in [0.5, 0.6) is 0 Å². The molecule has 1 unspecified atom stereocenters. The molecule has 1 atom stereocenters. The average Bonchev–Trinajstić information content (AvgIpc) is 2.09. The third-order valence-electron chi connectivity index (χ3n) is 1.47. The molecule has 0 heterocycles. The highest BCUT2D eigenvalue weighted by atomic mass is 16.7. The first kappa shape index (κ1) is 13.7. The van der Waals surface area contributed by atoms with Crippen molar-refractivity contribution in [2.75, 3.05) is 0 Å². The zero-order valence-electron chi connectivity index (χ0n) is 9.49. The lowest BCUT2D eigenvalue weighted by atomic mass is 10.2. The largest absolute Gasteiger partial charge is 0.509 e. The van der Waals surface area contributed by atoms with Gasteiger partial charge in [-0.1, -0.05) is 12.7 Å². The quantitative estimate of drug-likeness (QED) is 0.401. The zero-order chi connectivity index (χ0) is 11.9. The van der Waals surface area contributed by atoms with E-state index in [1.807, 2.05) is 0 Å². The molecule has 0 saturated carbocycles. The van der Waals surface area contributed by atoms with Gasteiger partial charge >= 0.3 is 6.16 Å². The molecule has 0 rings (SSSR count). The molecule has 0 N–H and O–H groups in total. The van der Waals surface area contributed by atoms with Crippen LogP contribution in [0.1, 0.15) is 33.6 Å². The van der Waals surface area contributed by atoms with Gasteiger partial charge in [0.2, 0.25) is 0 Å². The first-order valence-electron chi connectivity index (χ1n) is 4.85. The van der Waals surface area contributed by atoms with Crippen LogP contribution in [0.3, 0.4) is 0 Å². The first-order valence-corrected chi connectivity index (χ1v) is 4.85. The first-order chi connectivity index (χ1) is 6.89. The number of hydrogen-bond acceptors (Lipinski definition) is 4. The van der Waals surface area contributed by atoms with E-state index in [1.165, 1.54) is 6.08 Å². The van der Waals surface area contributed by atoms with Gasteiger partial charge in [-0.25, -0.2) is 4.79 Å². The van der Waals surface area contributed by atoms with Gasteiger partial charge in [0.05, 0.1) is 0 Å². The van der Waals surface area contributed by atoms with Crippen molar-refractivity contribution < 1.29 is 19.1 Å². The maximum atomic E-state index is 11.2. The van der Waals surface area contributed by atoms with Crippen LogP contribution in [0, 0.1) is 0 Å². The van der Waals surface area contributed by atoms with Crippen molar-refractivity contribution in [2.24, 2.45) is 0 Å². The fraction of sp³-hybridized carbons (Fsp3) is 0.636. The van der Waals surface area contributed by atoms with E-state index in [4.69, 9.17) is 9.47 Å². The van der Waals surface area contributed by atoms with Gasteiger partial charge in [-0.3, -0.25) is 0 Å². The minimum absolute atomic E-state index is 0.333. The van der Waals surface area contributed by atoms with E-state index in [9.17, 15) is 9.59 Å². The summed E-state index contributed by atoms with van der Waals surface area (Å²) in [6.45, 7) is 8.77. The lowest BCUT2D eigenvalue weighted by molar-refractivity contribution is -0.108. The number of carbonyl (C=O) groups excluding carboxylic acids is 2. The molecule has 0 spiro atoms. The zero-order valence-corrected chi connectivity index (χ0v) is 9.49. The molecule has 0 aromatic heterocycles. The summed E-state index contributed by atoms with van der Waals surface area (Å²) in [6.07, 6.45) is 1.82. The molecule has 4 heteroatoms. The Balaban J connectivity index is 4.01. The SMILES string of the molecule is C=CC(CCC=O)OC(=O)OC(C)(C)C. The summed E-state index contributed by atoms with van der Waals surface area (Å²) in [6, 6.07) is 0. The van der Waals surface area contributed by atoms with Crippen molar-refractivity contribution in [3.05, 3.63) is 12.7 Å². The Morgan fingerprint density at radius 1 is 1.47 bits per heavy atom.